The van der Waals surface area contributed by atoms with Crippen molar-refractivity contribution >= 4 is 64.0 Å². The number of aromatic nitrogens is 3. The Bertz CT molecular complexity index is 1220. The molecule has 3 aromatic rings. The number of pyridine rings is 1. The number of piperazine rings is 1. The van der Waals surface area contributed by atoms with Crippen LogP contribution in [0.15, 0.2) is 47.5 Å². The third kappa shape index (κ3) is 5.29. The molecule has 9 nitrogen and oxygen atoms in total. The van der Waals surface area contributed by atoms with Gasteiger partial charge < -0.3 is 20.4 Å². The number of thioether (sulfide) groups is 1. The molecule has 2 aliphatic rings. The van der Waals surface area contributed by atoms with E-state index in [-0.39, 0.29) is 5.91 Å². The number of rotatable bonds is 6. The van der Waals surface area contributed by atoms with Gasteiger partial charge in [0.15, 0.2) is 11.6 Å². The highest BCUT2D eigenvalue weighted by molar-refractivity contribution is 8.00. The van der Waals surface area contributed by atoms with E-state index in [1.54, 1.807) is 18.1 Å². The normalized spacial score (nSPS) is 16.3. The summed E-state index contributed by atoms with van der Waals surface area (Å²) >= 11 is 7.84. The van der Waals surface area contributed by atoms with Gasteiger partial charge in [0.05, 0.1) is 16.8 Å². The monoisotopic (exact) mass is 510 g/mol. The van der Waals surface area contributed by atoms with Gasteiger partial charge in [-0.15, -0.1) is 11.8 Å². The summed E-state index contributed by atoms with van der Waals surface area (Å²) in [6.45, 7) is 7.57. The van der Waals surface area contributed by atoms with E-state index in [9.17, 15) is 4.79 Å². The van der Waals surface area contributed by atoms with E-state index < -0.39 is 0 Å². The molecule has 11 heteroatoms. The quantitative estimate of drug-likeness (QED) is 0.505. The largest absolute Gasteiger partial charge is 0.369 e. The van der Waals surface area contributed by atoms with Gasteiger partial charge in [-0.05, 0) is 42.9 Å². The first-order valence-electron chi connectivity index (χ1n) is 11.5. The van der Waals surface area contributed by atoms with Gasteiger partial charge in [0, 0.05) is 44.6 Å². The number of carbonyl (C=O) groups excluding carboxylic acids is 1. The highest BCUT2D eigenvalue weighted by Gasteiger charge is 2.23. The lowest BCUT2D eigenvalue weighted by molar-refractivity contribution is -0.116. The van der Waals surface area contributed by atoms with Crippen LogP contribution < -0.4 is 20.4 Å². The summed E-state index contributed by atoms with van der Waals surface area (Å²) in [5.74, 6) is 2.46. The first-order valence-corrected chi connectivity index (χ1v) is 12.9. The summed E-state index contributed by atoms with van der Waals surface area (Å²) in [5.41, 5.74) is 2.10. The van der Waals surface area contributed by atoms with Gasteiger partial charge in [0.2, 0.25) is 11.9 Å². The Morgan fingerprint density at radius 3 is 2.54 bits per heavy atom. The van der Waals surface area contributed by atoms with Crippen LogP contribution in [0.1, 0.15) is 6.92 Å². The minimum absolute atomic E-state index is 0.0212. The number of hydrogen-bond acceptors (Lipinski definition) is 9. The van der Waals surface area contributed by atoms with E-state index in [2.05, 4.69) is 54.4 Å². The van der Waals surface area contributed by atoms with Crippen molar-refractivity contribution in [2.45, 2.75) is 11.8 Å². The molecule has 0 radical (unpaired) electrons. The highest BCUT2D eigenvalue weighted by Crippen LogP contribution is 2.35. The fourth-order valence-corrected chi connectivity index (χ4v) is 5.14. The van der Waals surface area contributed by atoms with Gasteiger partial charge in [-0.2, -0.15) is 4.98 Å². The fraction of sp³-hybridized carbons (Fsp3) is 0.333. The number of carbonyl (C=O) groups is 1. The Hall–Kier alpha value is -3.08. The minimum Gasteiger partial charge on any atom is -0.369 e. The molecule has 2 aliphatic heterocycles. The molecule has 0 aliphatic carbocycles. The van der Waals surface area contributed by atoms with Crippen molar-refractivity contribution < 1.29 is 4.79 Å². The summed E-state index contributed by atoms with van der Waals surface area (Å²) in [6, 6.07) is 12.1. The maximum absolute atomic E-state index is 12.0. The molecule has 2 N–H and O–H groups in total. The van der Waals surface area contributed by atoms with Gasteiger partial charge in [-0.3, -0.25) is 9.69 Å². The Morgan fingerprint density at radius 1 is 1.03 bits per heavy atom. The van der Waals surface area contributed by atoms with Gasteiger partial charge in [-0.1, -0.05) is 18.5 Å². The number of fused-ring (bicyclic) bond motifs is 1. The van der Waals surface area contributed by atoms with Crippen LogP contribution >= 0.6 is 23.4 Å². The smallest absolute Gasteiger partial charge is 0.238 e. The Kier molecular flexibility index (Phi) is 6.94. The number of benzene rings is 1. The van der Waals surface area contributed by atoms with Crippen LogP contribution in [0.2, 0.25) is 5.02 Å². The van der Waals surface area contributed by atoms with E-state index >= 15 is 0 Å². The molecular weight excluding hydrogens is 484 g/mol. The maximum Gasteiger partial charge on any atom is 0.238 e. The molecular formula is C24H27ClN8OS. The molecule has 0 atom stereocenters. The van der Waals surface area contributed by atoms with Crippen LogP contribution in [-0.2, 0) is 4.79 Å². The van der Waals surface area contributed by atoms with Crippen LogP contribution in [0.25, 0.3) is 0 Å². The molecule has 182 valence electrons. The topological polar surface area (TPSA) is 89.5 Å². The zero-order chi connectivity index (χ0) is 24.4. The zero-order valence-electron chi connectivity index (χ0n) is 19.7. The van der Waals surface area contributed by atoms with Gasteiger partial charge >= 0.3 is 0 Å². The number of likely N-dealkylation sites (N-methyl/N-ethyl adjacent to an activating group) is 1. The van der Waals surface area contributed by atoms with E-state index in [1.807, 2.05) is 24.3 Å². The number of anilines is 6. The third-order valence-corrected chi connectivity index (χ3v) is 7.48. The molecule has 2 aromatic heterocycles. The number of hydrogen-bond donors (Lipinski definition) is 2. The summed E-state index contributed by atoms with van der Waals surface area (Å²) in [6.07, 6.45) is 1.55. The lowest BCUT2D eigenvalue weighted by atomic mass is 10.2. The number of nitrogens with one attached hydrogen (secondary N) is 2. The predicted molar refractivity (Wildman–Crippen MR) is 143 cm³/mol. The second kappa shape index (κ2) is 10.3. The highest BCUT2D eigenvalue weighted by atomic mass is 35.5. The fourth-order valence-electron chi connectivity index (χ4n) is 4.06. The lowest BCUT2D eigenvalue weighted by Crippen LogP contribution is -2.46. The zero-order valence-corrected chi connectivity index (χ0v) is 21.2. The predicted octanol–water partition coefficient (Wildman–Crippen LogP) is 4.22. The van der Waals surface area contributed by atoms with Crippen molar-refractivity contribution in [3.63, 3.8) is 0 Å². The Morgan fingerprint density at radius 2 is 1.80 bits per heavy atom. The van der Waals surface area contributed by atoms with Crippen LogP contribution in [0.3, 0.4) is 0 Å². The second-order valence-corrected chi connectivity index (χ2v) is 9.79. The summed E-state index contributed by atoms with van der Waals surface area (Å²) < 4.78 is 0. The Labute approximate surface area is 213 Å². The van der Waals surface area contributed by atoms with E-state index in [4.69, 9.17) is 11.6 Å². The molecule has 0 saturated carbocycles. The van der Waals surface area contributed by atoms with Crippen molar-refractivity contribution in [3.8, 4) is 0 Å². The van der Waals surface area contributed by atoms with E-state index in [0.29, 0.717) is 34.2 Å². The summed E-state index contributed by atoms with van der Waals surface area (Å²) in [5, 5.41) is 6.77. The number of amides is 1. The van der Waals surface area contributed by atoms with Crippen molar-refractivity contribution in [1.29, 1.82) is 0 Å². The molecule has 0 spiro atoms. The molecule has 4 heterocycles. The average Bonchev–Trinajstić information content (AvgIpc) is 2.89. The molecule has 1 amide bonds. The molecule has 0 bridgehead atoms. The molecule has 35 heavy (non-hydrogen) atoms. The third-order valence-electron chi connectivity index (χ3n) is 6.18. The van der Waals surface area contributed by atoms with Crippen molar-refractivity contribution in [2.24, 2.45) is 0 Å². The van der Waals surface area contributed by atoms with Gasteiger partial charge in [0.1, 0.15) is 10.8 Å². The minimum atomic E-state index is 0.0212. The Balaban J connectivity index is 1.27. The van der Waals surface area contributed by atoms with Crippen LogP contribution in [0, 0.1) is 0 Å². The summed E-state index contributed by atoms with van der Waals surface area (Å²) in [4.78, 5) is 32.9. The molecule has 1 saturated heterocycles. The molecule has 5 rings (SSSR count). The van der Waals surface area contributed by atoms with Crippen LogP contribution in [0.4, 0.5) is 34.8 Å². The van der Waals surface area contributed by atoms with E-state index in [0.717, 1.165) is 43.3 Å². The maximum atomic E-state index is 12.0. The van der Waals surface area contributed by atoms with Crippen molar-refractivity contribution in [1.82, 2.24) is 19.9 Å². The average molecular weight is 511 g/mol. The van der Waals surface area contributed by atoms with Gasteiger partial charge in [0.25, 0.3) is 0 Å². The van der Waals surface area contributed by atoms with Crippen molar-refractivity contribution in [2.75, 3.05) is 66.0 Å². The standard InChI is InChI=1S/C24H27ClN8OS/c1-3-32-10-12-33(13-11-32)17-6-4-16(5-7-17)27-24-26-14-18(25)22(30-24)28-20-9-8-19-23(29-20)31(2)21(34)15-35-19/h4-9,14H,3,10-13,15H2,1-2H3,(H2,26,27,28,29,30). The molecule has 1 aromatic carbocycles. The summed E-state index contributed by atoms with van der Waals surface area (Å²) in [7, 11) is 1.73. The SMILES string of the molecule is CCN1CCN(c2ccc(Nc3ncc(Cl)c(Nc4ccc5c(n4)N(C)C(=O)CS5)n3)cc2)CC1. The number of halogens is 1. The molecule has 0 unspecified atom stereocenters. The second-order valence-electron chi connectivity index (χ2n) is 8.37. The first-order chi connectivity index (χ1) is 17.0. The van der Waals surface area contributed by atoms with Crippen LogP contribution in [0.5, 0.6) is 0 Å². The van der Waals surface area contributed by atoms with Crippen LogP contribution in [-0.4, -0.2) is 71.3 Å². The van der Waals surface area contributed by atoms with Gasteiger partial charge in [-0.25, -0.2) is 9.97 Å². The lowest BCUT2D eigenvalue weighted by Gasteiger charge is -2.35. The first kappa shape index (κ1) is 23.7. The molecule has 1 fully saturated rings. The number of nitrogens with zero attached hydrogens (tertiary/aromatic N) is 6. The van der Waals surface area contributed by atoms with E-state index in [1.165, 1.54) is 17.4 Å². The van der Waals surface area contributed by atoms with Crippen molar-refractivity contribution in [3.05, 3.63) is 47.6 Å².